The average Bonchev–Trinajstić information content (AvgIpc) is 3.22. The quantitative estimate of drug-likeness (QED) is 0.166. The third kappa shape index (κ3) is 10.5. The highest BCUT2D eigenvalue weighted by Crippen LogP contribution is 2.44. The predicted molar refractivity (Wildman–Crippen MR) is 176 cm³/mol. The molecule has 41 heavy (non-hydrogen) atoms. The standard InChI is InChI=1S/C16H11NO2S.C7H9N3S.C6H8N2.2CH4/c18-16(17-10-20)19-9-15-13-7-3-1-5-11(13)12-6-2-4-8-14(12)15;1-5-3-2-4-6(9-5)10-7(8)11;1-5-3-2-4-6(7)8-5;;/h1-8,15H,9H2;2-4H,1H3,(H3,8,9,10,11);2-4H,1H3,(H2,7,8);2*1H4. The number of amides is 1. The van der Waals surface area contributed by atoms with Gasteiger partial charge >= 0.3 is 6.09 Å². The fourth-order valence-corrected chi connectivity index (χ4v) is 4.15. The number of rotatable bonds is 3. The van der Waals surface area contributed by atoms with Crippen molar-refractivity contribution in [3.63, 3.8) is 0 Å². The number of aromatic nitrogens is 2. The number of fused-ring (bicyclic) bond motifs is 3. The van der Waals surface area contributed by atoms with E-state index in [1.165, 1.54) is 22.3 Å². The summed E-state index contributed by atoms with van der Waals surface area (Å²) in [4.78, 5) is 22.7. The van der Waals surface area contributed by atoms with Crippen LogP contribution < -0.4 is 16.8 Å². The van der Waals surface area contributed by atoms with E-state index in [1.807, 2.05) is 73.6 Å². The van der Waals surface area contributed by atoms with Crippen LogP contribution in [0.1, 0.15) is 43.3 Å². The van der Waals surface area contributed by atoms with Crippen LogP contribution in [-0.2, 0) is 4.74 Å². The molecule has 1 aliphatic carbocycles. The van der Waals surface area contributed by atoms with Crippen LogP contribution >= 0.6 is 24.4 Å². The highest BCUT2D eigenvalue weighted by Gasteiger charge is 2.28. The Kier molecular flexibility index (Phi) is 14.5. The van der Waals surface area contributed by atoms with E-state index in [4.69, 9.17) is 16.2 Å². The summed E-state index contributed by atoms with van der Waals surface area (Å²) in [6, 6.07) is 27.5. The number of benzene rings is 2. The van der Waals surface area contributed by atoms with Gasteiger partial charge in [0.1, 0.15) is 18.2 Å². The van der Waals surface area contributed by atoms with Crippen molar-refractivity contribution in [2.45, 2.75) is 34.6 Å². The van der Waals surface area contributed by atoms with Gasteiger partial charge in [-0.15, -0.1) is 4.99 Å². The van der Waals surface area contributed by atoms with Crippen molar-refractivity contribution >= 4 is 52.4 Å². The maximum Gasteiger partial charge on any atom is 0.442 e. The van der Waals surface area contributed by atoms with Gasteiger partial charge < -0.3 is 21.5 Å². The summed E-state index contributed by atoms with van der Waals surface area (Å²) in [5, 5.41) is 5.00. The highest BCUT2D eigenvalue weighted by atomic mass is 32.1. The molecule has 2 aromatic heterocycles. The van der Waals surface area contributed by atoms with Crippen LogP contribution in [0.3, 0.4) is 0 Å². The Balaban J connectivity index is 0.000000340. The molecular formula is C31H36N6O2S2. The fraction of sp³-hybridized carbons (Fsp3) is 0.194. The van der Waals surface area contributed by atoms with Gasteiger partial charge in [0.25, 0.3) is 0 Å². The van der Waals surface area contributed by atoms with Crippen molar-refractivity contribution < 1.29 is 9.53 Å². The van der Waals surface area contributed by atoms with E-state index < -0.39 is 6.09 Å². The van der Waals surface area contributed by atoms with Gasteiger partial charge in [0, 0.05) is 17.3 Å². The SMILES string of the molecule is C.C.Cc1cccc(N)n1.Cc1cccc(NC(N)=S)n1.O=C(N=C=S)OCC1c2ccccc2-c2ccccc21. The van der Waals surface area contributed by atoms with E-state index >= 15 is 0 Å². The van der Waals surface area contributed by atoms with Crippen molar-refractivity contribution in [3.8, 4) is 11.1 Å². The molecule has 10 heteroatoms. The van der Waals surface area contributed by atoms with E-state index in [9.17, 15) is 4.79 Å². The maximum atomic E-state index is 11.3. The smallest absolute Gasteiger partial charge is 0.442 e. The molecule has 214 valence electrons. The number of thiocarbonyl (C=S) groups is 2. The van der Waals surface area contributed by atoms with E-state index in [0.717, 1.165) is 11.4 Å². The van der Waals surface area contributed by atoms with Gasteiger partial charge in [-0.25, -0.2) is 14.8 Å². The molecule has 0 radical (unpaired) electrons. The molecule has 0 bridgehead atoms. The number of aryl methyl sites for hydroxylation is 2. The summed E-state index contributed by atoms with van der Waals surface area (Å²) >= 11 is 9.03. The van der Waals surface area contributed by atoms with Gasteiger partial charge in [0.2, 0.25) is 0 Å². The predicted octanol–water partition coefficient (Wildman–Crippen LogP) is 7.33. The lowest BCUT2D eigenvalue weighted by Gasteiger charge is -2.12. The zero-order valence-corrected chi connectivity index (χ0v) is 23.1. The van der Waals surface area contributed by atoms with Gasteiger partial charge in [-0.1, -0.05) is 75.5 Å². The first-order valence-electron chi connectivity index (χ1n) is 11.9. The number of nitrogen functional groups attached to an aromatic ring is 1. The summed E-state index contributed by atoms with van der Waals surface area (Å²) in [5.74, 6) is 1.33. The van der Waals surface area contributed by atoms with Gasteiger partial charge in [0.05, 0.1) is 5.16 Å². The van der Waals surface area contributed by atoms with E-state index in [2.05, 4.69) is 69.0 Å². The molecular weight excluding hydrogens is 553 g/mol. The second kappa shape index (κ2) is 17.2. The van der Waals surface area contributed by atoms with Crippen LogP contribution in [0.4, 0.5) is 16.4 Å². The number of hydrogen-bond donors (Lipinski definition) is 3. The first-order valence-corrected chi connectivity index (χ1v) is 12.7. The topological polar surface area (TPSA) is 129 Å². The molecule has 5 N–H and O–H groups in total. The molecule has 8 nitrogen and oxygen atoms in total. The number of pyridine rings is 2. The van der Waals surface area contributed by atoms with Gasteiger partial charge in [0.15, 0.2) is 5.11 Å². The number of isothiocyanates is 1. The van der Waals surface area contributed by atoms with Crippen LogP contribution in [0, 0.1) is 13.8 Å². The fourth-order valence-electron chi connectivity index (χ4n) is 3.97. The number of nitrogens with two attached hydrogens (primary N) is 2. The third-order valence-corrected chi connectivity index (χ3v) is 5.72. The second-order valence-electron chi connectivity index (χ2n) is 8.36. The Morgan fingerprint density at radius 3 is 1.90 bits per heavy atom. The lowest BCUT2D eigenvalue weighted by atomic mass is 9.98. The Labute approximate surface area is 252 Å². The molecule has 0 atom stereocenters. The first-order chi connectivity index (χ1) is 18.8. The lowest BCUT2D eigenvalue weighted by molar-refractivity contribution is 0.154. The molecule has 5 rings (SSSR count). The van der Waals surface area contributed by atoms with Crippen molar-refractivity contribution in [2.24, 2.45) is 10.7 Å². The Hall–Kier alpha value is -4.50. The highest BCUT2D eigenvalue weighted by molar-refractivity contribution is 7.80. The monoisotopic (exact) mass is 588 g/mol. The van der Waals surface area contributed by atoms with Crippen molar-refractivity contribution in [3.05, 3.63) is 107 Å². The lowest BCUT2D eigenvalue weighted by Crippen LogP contribution is -2.19. The number of ether oxygens (including phenoxy) is 1. The van der Waals surface area contributed by atoms with E-state index in [0.29, 0.717) is 11.6 Å². The minimum atomic E-state index is -0.693. The van der Waals surface area contributed by atoms with Crippen LogP contribution in [-0.4, -0.2) is 32.9 Å². The largest absolute Gasteiger partial charge is 0.446 e. The molecule has 2 aromatic carbocycles. The molecule has 4 aromatic rings. The molecule has 0 spiro atoms. The summed E-state index contributed by atoms with van der Waals surface area (Å²) < 4.78 is 5.15. The summed E-state index contributed by atoms with van der Waals surface area (Å²) in [7, 11) is 0. The molecule has 0 fully saturated rings. The Morgan fingerprint density at radius 1 is 0.902 bits per heavy atom. The summed E-state index contributed by atoms with van der Waals surface area (Å²) in [6.07, 6.45) is -0.693. The minimum absolute atomic E-state index is 0. The number of carbonyl (C=O) groups excluding carboxylic acids is 1. The first kappa shape index (κ1) is 34.5. The zero-order chi connectivity index (χ0) is 28.2. The molecule has 1 aliphatic rings. The van der Waals surface area contributed by atoms with Crippen molar-refractivity contribution in [2.75, 3.05) is 17.7 Å². The van der Waals surface area contributed by atoms with Crippen LogP contribution in [0.5, 0.6) is 0 Å². The Morgan fingerprint density at radius 2 is 1.44 bits per heavy atom. The number of anilines is 2. The normalized spacial score (nSPS) is 10.2. The van der Waals surface area contributed by atoms with E-state index in [-0.39, 0.29) is 32.5 Å². The van der Waals surface area contributed by atoms with E-state index in [1.54, 1.807) is 6.07 Å². The van der Waals surface area contributed by atoms with Crippen LogP contribution in [0.15, 0.2) is 89.9 Å². The number of carbonyl (C=O) groups is 1. The van der Waals surface area contributed by atoms with Crippen LogP contribution in [0.2, 0.25) is 0 Å². The maximum absolute atomic E-state index is 11.3. The third-order valence-electron chi connectivity index (χ3n) is 5.52. The van der Waals surface area contributed by atoms with Crippen molar-refractivity contribution in [1.29, 1.82) is 0 Å². The summed E-state index contributed by atoms with van der Waals surface area (Å²) in [5.41, 5.74) is 17.2. The molecule has 2 heterocycles. The average molecular weight is 589 g/mol. The number of aliphatic imine (C=N–C) groups is 1. The van der Waals surface area contributed by atoms with Crippen molar-refractivity contribution in [1.82, 2.24) is 9.97 Å². The molecule has 0 aliphatic heterocycles. The van der Waals surface area contributed by atoms with Crippen LogP contribution in [0.25, 0.3) is 11.1 Å². The number of nitrogens with one attached hydrogen (secondary N) is 1. The van der Waals surface area contributed by atoms with Gasteiger partial charge in [-0.2, -0.15) is 0 Å². The zero-order valence-electron chi connectivity index (χ0n) is 21.5. The molecule has 0 saturated carbocycles. The molecule has 1 amide bonds. The number of hydrogen-bond acceptors (Lipinski definition) is 7. The molecule has 0 unspecified atom stereocenters. The van der Waals surface area contributed by atoms with Gasteiger partial charge in [-0.3, -0.25) is 0 Å². The Bertz CT molecular complexity index is 1440. The second-order valence-corrected chi connectivity index (χ2v) is 8.99. The minimum Gasteiger partial charge on any atom is -0.446 e. The molecule has 0 saturated heterocycles. The summed E-state index contributed by atoms with van der Waals surface area (Å²) in [6.45, 7) is 4.08. The van der Waals surface area contributed by atoms with Gasteiger partial charge in [-0.05, 0) is 84.8 Å². The number of nitrogens with zero attached hydrogens (tertiary/aromatic N) is 3.